The van der Waals surface area contributed by atoms with E-state index >= 15 is 0 Å². The van der Waals surface area contributed by atoms with Crippen molar-refractivity contribution in [3.8, 4) is 11.5 Å². The van der Waals surface area contributed by atoms with Gasteiger partial charge in [-0.25, -0.2) is 4.57 Å². The van der Waals surface area contributed by atoms with Crippen LogP contribution < -0.4 is 9.05 Å². The summed E-state index contributed by atoms with van der Waals surface area (Å²) in [6, 6.07) is 3.69. The second-order valence-electron chi connectivity index (χ2n) is 2.84. The van der Waals surface area contributed by atoms with Crippen molar-refractivity contribution >= 4 is 8.25 Å². The first kappa shape index (κ1) is 7.69. The van der Waals surface area contributed by atoms with E-state index in [1.165, 1.54) is 0 Å². The molecule has 1 aromatic rings. The van der Waals surface area contributed by atoms with Crippen LogP contribution in [0.15, 0.2) is 12.1 Å². The first-order valence-electron chi connectivity index (χ1n) is 3.68. The van der Waals surface area contributed by atoms with Crippen LogP contribution in [-0.4, -0.2) is 0 Å². The zero-order chi connectivity index (χ0) is 8.72. The molecule has 2 rings (SSSR count). The summed E-state index contributed by atoms with van der Waals surface area (Å²) in [5.41, 5.74) is 2.24. The Bertz CT molecular complexity index is 327. The van der Waals surface area contributed by atoms with Gasteiger partial charge in [0.2, 0.25) is 0 Å². The molecular formula is C8H9O3P. The van der Waals surface area contributed by atoms with E-state index in [0.29, 0.717) is 11.5 Å². The van der Waals surface area contributed by atoms with E-state index in [1.54, 1.807) is 0 Å². The topological polar surface area (TPSA) is 35.5 Å². The normalized spacial score (nSPS) is 15.2. The fourth-order valence-electron chi connectivity index (χ4n) is 1.12. The van der Waals surface area contributed by atoms with Gasteiger partial charge in [-0.05, 0) is 37.1 Å². The highest BCUT2D eigenvalue weighted by Crippen LogP contribution is 2.46. The third-order valence-corrected chi connectivity index (χ3v) is 2.72. The Balaban J connectivity index is 2.55. The van der Waals surface area contributed by atoms with Crippen molar-refractivity contribution in [2.75, 3.05) is 0 Å². The van der Waals surface area contributed by atoms with Crippen LogP contribution in [0.25, 0.3) is 0 Å². The molecule has 1 heterocycles. The molecule has 0 saturated carbocycles. The van der Waals surface area contributed by atoms with Crippen molar-refractivity contribution in [3.05, 3.63) is 23.3 Å². The molecule has 0 amide bonds. The predicted molar refractivity (Wildman–Crippen MR) is 46.2 cm³/mol. The van der Waals surface area contributed by atoms with E-state index in [9.17, 15) is 4.57 Å². The fourth-order valence-corrected chi connectivity index (χ4v) is 1.84. The second-order valence-corrected chi connectivity index (χ2v) is 3.75. The van der Waals surface area contributed by atoms with Gasteiger partial charge >= 0.3 is 8.25 Å². The maximum absolute atomic E-state index is 10.9. The van der Waals surface area contributed by atoms with E-state index in [4.69, 9.17) is 9.05 Å². The molecule has 0 saturated heterocycles. The summed E-state index contributed by atoms with van der Waals surface area (Å²) in [5, 5.41) is 0. The van der Waals surface area contributed by atoms with Crippen LogP contribution in [0.3, 0.4) is 0 Å². The quantitative estimate of drug-likeness (QED) is 0.581. The lowest BCUT2D eigenvalue weighted by molar-refractivity contribution is 0.461. The number of hydrogen-bond donors (Lipinski definition) is 0. The van der Waals surface area contributed by atoms with E-state index in [0.717, 1.165) is 11.1 Å². The summed E-state index contributed by atoms with van der Waals surface area (Å²) >= 11 is 0. The van der Waals surface area contributed by atoms with Crippen LogP contribution in [-0.2, 0) is 4.57 Å². The zero-order valence-electron chi connectivity index (χ0n) is 6.88. The molecule has 0 spiro atoms. The van der Waals surface area contributed by atoms with E-state index in [2.05, 4.69) is 0 Å². The van der Waals surface area contributed by atoms with Gasteiger partial charge in [0.15, 0.2) is 11.5 Å². The average molecular weight is 184 g/mol. The highest BCUT2D eigenvalue weighted by Gasteiger charge is 2.19. The maximum Gasteiger partial charge on any atom is 0.419 e. The Morgan fingerprint density at radius 2 is 1.50 bits per heavy atom. The zero-order valence-corrected chi connectivity index (χ0v) is 7.88. The summed E-state index contributed by atoms with van der Waals surface area (Å²) in [7, 11) is -2.30. The molecule has 1 aromatic carbocycles. The summed E-state index contributed by atoms with van der Waals surface area (Å²) < 4.78 is 20.8. The number of hydrogen-bond acceptors (Lipinski definition) is 3. The largest absolute Gasteiger partial charge is 0.419 e. The number of benzene rings is 1. The van der Waals surface area contributed by atoms with Crippen molar-refractivity contribution in [3.63, 3.8) is 0 Å². The molecule has 1 aliphatic heterocycles. The molecule has 64 valence electrons. The third kappa shape index (κ3) is 1.10. The minimum absolute atomic E-state index is 0.599. The minimum Gasteiger partial charge on any atom is -0.414 e. The highest BCUT2D eigenvalue weighted by molar-refractivity contribution is 7.34. The van der Waals surface area contributed by atoms with E-state index in [1.807, 2.05) is 26.0 Å². The summed E-state index contributed by atoms with van der Waals surface area (Å²) in [6.45, 7) is 3.96. The molecule has 0 atom stereocenters. The Labute approximate surface area is 71.3 Å². The Morgan fingerprint density at radius 1 is 1.08 bits per heavy atom. The van der Waals surface area contributed by atoms with Crippen LogP contribution >= 0.6 is 8.25 Å². The van der Waals surface area contributed by atoms with Crippen molar-refractivity contribution in [2.24, 2.45) is 0 Å². The molecule has 0 aromatic heterocycles. The Morgan fingerprint density at radius 3 is 1.92 bits per heavy atom. The van der Waals surface area contributed by atoms with Crippen molar-refractivity contribution < 1.29 is 13.6 Å². The lowest BCUT2D eigenvalue weighted by Crippen LogP contribution is -1.80. The van der Waals surface area contributed by atoms with Crippen LogP contribution in [0.4, 0.5) is 0 Å². The maximum atomic E-state index is 10.9. The Hall–Kier alpha value is -0.950. The van der Waals surface area contributed by atoms with Gasteiger partial charge in [-0.2, -0.15) is 0 Å². The molecule has 12 heavy (non-hydrogen) atoms. The van der Waals surface area contributed by atoms with Gasteiger partial charge in [-0.1, -0.05) is 0 Å². The van der Waals surface area contributed by atoms with E-state index in [-0.39, 0.29) is 0 Å². The molecule has 4 heteroatoms. The van der Waals surface area contributed by atoms with Crippen LogP contribution in [0.2, 0.25) is 0 Å². The predicted octanol–water partition coefficient (Wildman–Crippen LogP) is 2.46. The first-order valence-corrected chi connectivity index (χ1v) is 4.90. The number of rotatable bonds is 0. The molecule has 0 fully saturated rings. The lowest BCUT2D eigenvalue weighted by atomic mass is 10.1. The fraction of sp³-hybridized carbons (Fsp3) is 0.250. The molecule has 1 aliphatic rings. The van der Waals surface area contributed by atoms with Gasteiger partial charge in [0.1, 0.15) is 0 Å². The SMILES string of the molecule is Cc1cc2c(cc1C)O[PH](=O)O2. The molecule has 0 N–H and O–H groups in total. The first-order chi connectivity index (χ1) is 5.66. The monoisotopic (exact) mass is 184 g/mol. The summed E-state index contributed by atoms with van der Waals surface area (Å²) in [5.74, 6) is 1.20. The lowest BCUT2D eigenvalue weighted by Gasteiger charge is -2.00. The molecule has 0 bridgehead atoms. The average Bonchev–Trinajstić information content (AvgIpc) is 2.30. The van der Waals surface area contributed by atoms with Gasteiger partial charge < -0.3 is 9.05 Å². The molecule has 0 aliphatic carbocycles. The van der Waals surface area contributed by atoms with Crippen LogP contribution in [0, 0.1) is 13.8 Å². The van der Waals surface area contributed by atoms with Crippen LogP contribution in [0.1, 0.15) is 11.1 Å². The second kappa shape index (κ2) is 2.53. The molecular weight excluding hydrogens is 175 g/mol. The van der Waals surface area contributed by atoms with Crippen LogP contribution in [0.5, 0.6) is 11.5 Å². The van der Waals surface area contributed by atoms with Gasteiger partial charge in [0.25, 0.3) is 0 Å². The van der Waals surface area contributed by atoms with Crippen molar-refractivity contribution in [2.45, 2.75) is 13.8 Å². The standard InChI is InChI=1S/C8H9O3P/c1-5-3-7-8(4-6(5)2)11-12(9)10-7/h3-4,12H,1-2H3. The Kier molecular flexibility index (Phi) is 1.62. The van der Waals surface area contributed by atoms with Gasteiger partial charge in [0.05, 0.1) is 0 Å². The van der Waals surface area contributed by atoms with Crippen molar-refractivity contribution in [1.82, 2.24) is 0 Å². The molecule has 0 unspecified atom stereocenters. The minimum atomic E-state index is -2.30. The summed E-state index contributed by atoms with van der Waals surface area (Å²) in [6.07, 6.45) is 0. The summed E-state index contributed by atoms with van der Waals surface area (Å²) in [4.78, 5) is 0. The molecule has 0 radical (unpaired) electrons. The molecule has 3 nitrogen and oxygen atoms in total. The van der Waals surface area contributed by atoms with E-state index < -0.39 is 8.25 Å². The number of aryl methyl sites for hydroxylation is 2. The van der Waals surface area contributed by atoms with Gasteiger partial charge in [-0.15, -0.1) is 0 Å². The highest BCUT2D eigenvalue weighted by atomic mass is 31.1. The third-order valence-electron chi connectivity index (χ3n) is 1.95. The van der Waals surface area contributed by atoms with Gasteiger partial charge in [-0.3, -0.25) is 0 Å². The smallest absolute Gasteiger partial charge is 0.414 e. The number of fused-ring (bicyclic) bond motifs is 1. The van der Waals surface area contributed by atoms with Crippen molar-refractivity contribution in [1.29, 1.82) is 0 Å². The van der Waals surface area contributed by atoms with Gasteiger partial charge in [0, 0.05) is 0 Å².